The van der Waals surface area contributed by atoms with E-state index in [-0.39, 0.29) is 5.54 Å². The number of hydrogen-bond acceptors (Lipinski definition) is 1. The average Bonchev–Trinajstić information content (AvgIpc) is 2.01. The Labute approximate surface area is 93.1 Å². The monoisotopic (exact) mass is 211 g/mol. The number of unbranched alkanes of at least 4 members (excludes halogenated alkanes) is 1. The van der Waals surface area contributed by atoms with Gasteiger partial charge in [-0.25, -0.2) is 4.39 Å². The highest BCUT2D eigenvalue weighted by Gasteiger charge is 2.25. The molecule has 2 heteroatoms. The van der Waals surface area contributed by atoms with Crippen LogP contribution in [-0.4, -0.2) is 11.2 Å². The van der Waals surface area contributed by atoms with E-state index in [2.05, 4.69) is 17.8 Å². The van der Waals surface area contributed by atoms with Crippen LogP contribution in [0.1, 0.15) is 47.0 Å². The zero-order chi connectivity index (χ0) is 12.1. The first-order valence-electron chi connectivity index (χ1n) is 5.29. The van der Waals surface area contributed by atoms with E-state index in [0.717, 1.165) is 19.3 Å². The Morgan fingerprint density at radius 3 is 2.33 bits per heavy atom. The second kappa shape index (κ2) is 5.21. The van der Waals surface area contributed by atoms with Gasteiger partial charge in [-0.05, 0) is 40.5 Å². The van der Waals surface area contributed by atoms with Crippen LogP contribution < -0.4 is 5.32 Å². The van der Waals surface area contributed by atoms with Gasteiger partial charge in [-0.15, -0.1) is 12.3 Å². The fraction of sp³-hybridized carbons (Fsp3) is 0.692. The third-order valence-electron chi connectivity index (χ3n) is 2.33. The zero-order valence-corrected chi connectivity index (χ0v) is 10.3. The third kappa shape index (κ3) is 6.17. The molecule has 0 spiro atoms. The van der Waals surface area contributed by atoms with Gasteiger partial charge in [-0.3, -0.25) is 0 Å². The average molecular weight is 211 g/mol. The Morgan fingerprint density at radius 2 is 1.93 bits per heavy atom. The third-order valence-corrected chi connectivity index (χ3v) is 2.33. The quantitative estimate of drug-likeness (QED) is 0.524. The molecular weight excluding hydrogens is 189 g/mol. The molecule has 0 rings (SSSR count). The van der Waals surface area contributed by atoms with Gasteiger partial charge in [0.2, 0.25) is 0 Å². The normalized spacial score (nSPS) is 12.0. The maximum Gasteiger partial charge on any atom is 0.144 e. The van der Waals surface area contributed by atoms with Crippen LogP contribution in [-0.2, 0) is 0 Å². The van der Waals surface area contributed by atoms with Crippen LogP contribution in [0.15, 0.2) is 12.3 Å². The van der Waals surface area contributed by atoms with Crippen molar-refractivity contribution in [2.45, 2.75) is 58.2 Å². The Bertz CT molecular complexity index is 253. The number of nitrogens with one attached hydrogen (secondary N) is 1. The molecular formula is C13H22FN. The summed E-state index contributed by atoms with van der Waals surface area (Å²) < 4.78 is 13.5. The highest BCUT2D eigenvalue weighted by Crippen LogP contribution is 2.21. The van der Waals surface area contributed by atoms with Crippen molar-refractivity contribution < 1.29 is 4.39 Å². The fourth-order valence-corrected chi connectivity index (χ4v) is 1.25. The van der Waals surface area contributed by atoms with Crippen LogP contribution in [0.25, 0.3) is 0 Å². The summed E-state index contributed by atoms with van der Waals surface area (Å²) in [6.45, 7) is 10.8. The molecule has 0 saturated heterocycles. The van der Waals surface area contributed by atoms with E-state index >= 15 is 0 Å². The van der Waals surface area contributed by atoms with Crippen LogP contribution in [0, 0.1) is 12.3 Å². The van der Waals surface area contributed by atoms with Gasteiger partial charge in [-0.1, -0.05) is 6.58 Å². The predicted molar refractivity (Wildman–Crippen MR) is 64.2 cm³/mol. The molecule has 0 aliphatic carbocycles. The van der Waals surface area contributed by atoms with E-state index in [0.29, 0.717) is 5.70 Å². The second-order valence-corrected chi connectivity index (χ2v) is 5.02. The largest absolute Gasteiger partial charge is 0.381 e. The molecule has 15 heavy (non-hydrogen) atoms. The number of alkyl halides is 1. The molecule has 0 atom stereocenters. The van der Waals surface area contributed by atoms with Gasteiger partial charge in [0.1, 0.15) is 5.67 Å². The van der Waals surface area contributed by atoms with Crippen molar-refractivity contribution in [3.63, 3.8) is 0 Å². The first kappa shape index (κ1) is 14.0. The first-order valence-corrected chi connectivity index (χ1v) is 5.29. The van der Waals surface area contributed by atoms with Gasteiger partial charge >= 0.3 is 0 Å². The van der Waals surface area contributed by atoms with E-state index in [9.17, 15) is 4.39 Å². The van der Waals surface area contributed by atoms with Crippen LogP contribution in [0.2, 0.25) is 0 Å². The molecule has 0 aromatic carbocycles. The predicted octanol–water partition coefficient (Wildman–Crippen LogP) is 3.42. The Hall–Kier alpha value is -0.970. The summed E-state index contributed by atoms with van der Waals surface area (Å²) in [7, 11) is 0. The van der Waals surface area contributed by atoms with Gasteiger partial charge in [0.15, 0.2) is 0 Å². The zero-order valence-electron chi connectivity index (χ0n) is 10.3. The van der Waals surface area contributed by atoms with Crippen molar-refractivity contribution in [2.75, 3.05) is 0 Å². The Kier molecular flexibility index (Phi) is 4.87. The summed E-state index contributed by atoms with van der Waals surface area (Å²) in [5.74, 6) is 2.60. The van der Waals surface area contributed by atoms with Gasteiger partial charge in [0.25, 0.3) is 0 Å². The standard InChI is InChI=1S/C13H22FN/c1-7-8-9-10-12(3,4)15-11(2)13(5,6)14/h1,15H,2,8-10H2,3-6H3. The molecule has 0 unspecified atom stereocenters. The highest BCUT2D eigenvalue weighted by atomic mass is 19.1. The minimum Gasteiger partial charge on any atom is -0.381 e. The van der Waals surface area contributed by atoms with E-state index in [1.807, 2.05) is 13.8 Å². The molecule has 0 fully saturated rings. The second-order valence-electron chi connectivity index (χ2n) is 5.02. The van der Waals surface area contributed by atoms with E-state index < -0.39 is 5.67 Å². The number of rotatable bonds is 6. The smallest absolute Gasteiger partial charge is 0.144 e. The number of hydrogen-bond donors (Lipinski definition) is 1. The summed E-state index contributed by atoms with van der Waals surface area (Å²) in [6.07, 6.45) is 7.79. The summed E-state index contributed by atoms with van der Waals surface area (Å²) in [4.78, 5) is 0. The minimum atomic E-state index is -1.39. The van der Waals surface area contributed by atoms with Crippen LogP contribution in [0.3, 0.4) is 0 Å². The van der Waals surface area contributed by atoms with Gasteiger partial charge < -0.3 is 5.32 Å². The molecule has 0 aliphatic heterocycles. The van der Waals surface area contributed by atoms with Crippen LogP contribution >= 0.6 is 0 Å². The van der Waals surface area contributed by atoms with Gasteiger partial charge in [-0.2, -0.15) is 0 Å². The number of allylic oxidation sites excluding steroid dienone is 1. The van der Waals surface area contributed by atoms with E-state index in [1.54, 1.807) is 0 Å². The maximum absolute atomic E-state index is 13.5. The molecule has 0 aromatic heterocycles. The molecule has 0 bridgehead atoms. The van der Waals surface area contributed by atoms with Crippen molar-refractivity contribution in [1.82, 2.24) is 5.32 Å². The highest BCUT2D eigenvalue weighted by molar-refractivity contribution is 5.09. The van der Waals surface area contributed by atoms with Gasteiger partial charge in [0.05, 0.1) is 0 Å². The van der Waals surface area contributed by atoms with Gasteiger partial charge in [0, 0.05) is 17.7 Å². The molecule has 86 valence electrons. The Balaban J connectivity index is 4.15. The van der Waals surface area contributed by atoms with Crippen molar-refractivity contribution in [1.29, 1.82) is 0 Å². The molecule has 1 N–H and O–H groups in total. The maximum atomic E-state index is 13.5. The number of halogens is 1. The Morgan fingerprint density at radius 1 is 1.40 bits per heavy atom. The summed E-state index contributed by atoms with van der Waals surface area (Å²) in [5.41, 5.74) is -1.12. The van der Waals surface area contributed by atoms with Crippen molar-refractivity contribution in [3.8, 4) is 12.3 Å². The lowest BCUT2D eigenvalue weighted by molar-refractivity contribution is 0.233. The van der Waals surface area contributed by atoms with Crippen molar-refractivity contribution >= 4 is 0 Å². The molecule has 0 amide bonds. The lowest BCUT2D eigenvalue weighted by atomic mass is 9.95. The molecule has 0 radical (unpaired) electrons. The van der Waals surface area contributed by atoms with Crippen molar-refractivity contribution in [2.24, 2.45) is 0 Å². The summed E-state index contributed by atoms with van der Waals surface area (Å²) in [6, 6.07) is 0. The van der Waals surface area contributed by atoms with Crippen LogP contribution in [0.5, 0.6) is 0 Å². The number of terminal acetylenes is 1. The molecule has 0 heterocycles. The lowest BCUT2D eigenvalue weighted by Crippen LogP contribution is -2.42. The summed E-state index contributed by atoms with van der Waals surface area (Å²) in [5, 5.41) is 3.12. The van der Waals surface area contributed by atoms with E-state index in [4.69, 9.17) is 6.42 Å². The topological polar surface area (TPSA) is 12.0 Å². The fourth-order valence-electron chi connectivity index (χ4n) is 1.25. The molecule has 1 nitrogen and oxygen atoms in total. The lowest BCUT2D eigenvalue weighted by Gasteiger charge is -2.32. The molecule has 0 aromatic rings. The van der Waals surface area contributed by atoms with Crippen molar-refractivity contribution in [3.05, 3.63) is 12.3 Å². The first-order chi connectivity index (χ1) is 6.69. The molecule has 0 aliphatic rings. The minimum absolute atomic E-state index is 0.155. The SMILES string of the molecule is C#CCCCC(C)(C)NC(=C)C(C)(C)F. The van der Waals surface area contributed by atoms with E-state index in [1.165, 1.54) is 13.8 Å². The molecule has 0 saturated carbocycles. The van der Waals surface area contributed by atoms with Crippen LogP contribution in [0.4, 0.5) is 4.39 Å². The summed E-state index contributed by atoms with van der Waals surface area (Å²) >= 11 is 0.